The van der Waals surface area contributed by atoms with Crippen LogP contribution in [-0.2, 0) is 0 Å². The number of hydrogen-bond acceptors (Lipinski definition) is 1. The molecule has 0 atom stereocenters. The molecule has 0 saturated heterocycles. The lowest BCUT2D eigenvalue weighted by Crippen LogP contribution is -2.13. The van der Waals surface area contributed by atoms with E-state index in [1.54, 1.807) is 18.2 Å². The number of rotatable bonds is 2. The number of halogens is 2. The molecule has 1 N–H and O–H groups in total. The number of hydrogen-bond donors (Lipinski definition) is 1. The van der Waals surface area contributed by atoms with Crippen molar-refractivity contribution in [3.63, 3.8) is 0 Å². The Kier molecular flexibility index (Phi) is 4.13. The van der Waals surface area contributed by atoms with E-state index in [4.69, 9.17) is 23.2 Å². The van der Waals surface area contributed by atoms with E-state index in [9.17, 15) is 4.79 Å². The molecule has 0 aliphatic heterocycles. The van der Waals surface area contributed by atoms with Crippen molar-refractivity contribution in [2.75, 3.05) is 5.32 Å². The molecular weight excluding hydrogens is 281 g/mol. The van der Waals surface area contributed by atoms with E-state index >= 15 is 0 Å². The van der Waals surface area contributed by atoms with Gasteiger partial charge in [0.1, 0.15) is 0 Å². The molecule has 2 nitrogen and oxygen atoms in total. The highest BCUT2D eigenvalue weighted by Gasteiger charge is 2.10. The zero-order valence-electron chi connectivity index (χ0n) is 10.6. The number of anilines is 1. The second-order valence-corrected chi connectivity index (χ2v) is 5.30. The minimum atomic E-state index is -0.171. The van der Waals surface area contributed by atoms with Crippen LogP contribution in [0.25, 0.3) is 0 Å². The Bertz CT molecular complexity index is 618. The molecule has 4 heteroatoms. The third kappa shape index (κ3) is 3.49. The van der Waals surface area contributed by atoms with Gasteiger partial charge in [0.05, 0.1) is 0 Å². The minimum absolute atomic E-state index is 0.171. The monoisotopic (exact) mass is 293 g/mol. The van der Waals surface area contributed by atoms with Gasteiger partial charge in [-0.2, -0.15) is 0 Å². The van der Waals surface area contributed by atoms with E-state index < -0.39 is 0 Å². The summed E-state index contributed by atoms with van der Waals surface area (Å²) in [4.78, 5) is 12.2. The van der Waals surface area contributed by atoms with Gasteiger partial charge in [-0.15, -0.1) is 0 Å². The second kappa shape index (κ2) is 5.64. The quantitative estimate of drug-likeness (QED) is 0.841. The fraction of sp³-hybridized carbons (Fsp3) is 0.133. The summed E-state index contributed by atoms with van der Waals surface area (Å²) in [5, 5.41) is 3.77. The summed E-state index contributed by atoms with van der Waals surface area (Å²) in [7, 11) is 0. The molecule has 0 fully saturated rings. The van der Waals surface area contributed by atoms with Crippen LogP contribution in [0.15, 0.2) is 36.4 Å². The Morgan fingerprint density at radius 1 is 1.00 bits per heavy atom. The lowest BCUT2D eigenvalue weighted by atomic mass is 10.1. The average Bonchev–Trinajstić information content (AvgIpc) is 2.26. The topological polar surface area (TPSA) is 29.1 Å². The fourth-order valence-electron chi connectivity index (χ4n) is 1.89. The van der Waals surface area contributed by atoms with E-state index in [-0.39, 0.29) is 5.91 Å². The number of carbonyl (C=O) groups is 1. The zero-order chi connectivity index (χ0) is 14.0. The number of carbonyl (C=O) groups excluding carboxylic acids is 1. The molecule has 98 valence electrons. The lowest BCUT2D eigenvalue weighted by molar-refractivity contribution is 0.102. The van der Waals surface area contributed by atoms with Gasteiger partial charge in [0.2, 0.25) is 0 Å². The maximum atomic E-state index is 12.2. The molecule has 0 unspecified atom stereocenters. The van der Waals surface area contributed by atoms with Gasteiger partial charge in [0.25, 0.3) is 5.91 Å². The van der Waals surface area contributed by atoms with Gasteiger partial charge >= 0.3 is 0 Å². The average molecular weight is 294 g/mol. The zero-order valence-corrected chi connectivity index (χ0v) is 12.1. The van der Waals surface area contributed by atoms with Gasteiger partial charge in [0.15, 0.2) is 0 Å². The van der Waals surface area contributed by atoms with Crippen molar-refractivity contribution in [2.24, 2.45) is 0 Å². The maximum absolute atomic E-state index is 12.2. The summed E-state index contributed by atoms with van der Waals surface area (Å²) in [6, 6.07) is 10.6. The van der Waals surface area contributed by atoms with Crippen molar-refractivity contribution < 1.29 is 4.79 Å². The van der Waals surface area contributed by atoms with Crippen LogP contribution in [0.5, 0.6) is 0 Å². The van der Waals surface area contributed by atoms with Crippen LogP contribution in [0.1, 0.15) is 21.5 Å². The van der Waals surface area contributed by atoms with E-state index in [0.29, 0.717) is 21.3 Å². The highest BCUT2D eigenvalue weighted by molar-refractivity contribution is 6.35. The Hall–Kier alpha value is -1.51. The van der Waals surface area contributed by atoms with Gasteiger partial charge in [-0.05, 0) is 43.7 Å². The van der Waals surface area contributed by atoms with Gasteiger partial charge in [0, 0.05) is 21.3 Å². The van der Waals surface area contributed by atoms with Crippen LogP contribution < -0.4 is 5.32 Å². The van der Waals surface area contributed by atoms with Crippen LogP contribution in [0.4, 0.5) is 5.69 Å². The Balaban J connectivity index is 2.25. The standard InChI is InChI=1S/C15H13Cl2NO/c1-9-3-4-14(10(2)5-9)15(19)18-13-7-11(16)6-12(17)8-13/h3-8H,1-2H3,(H,18,19). The molecule has 2 aromatic rings. The molecule has 0 aliphatic rings. The minimum Gasteiger partial charge on any atom is -0.322 e. The normalized spacial score (nSPS) is 10.3. The van der Waals surface area contributed by atoms with Crippen molar-refractivity contribution in [1.29, 1.82) is 0 Å². The largest absolute Gasteiger partial charge is 0.322 e. The molecule has 0 bridgehead atoms. The van der Waals surface area contributed by atoms with Crippen molar-refractivity contribution in [3.8, 4) is 0 Å². The first-order valence-corrected chi connectivity index (χ1v) is 6.56. The predicted molar refractivity (Wildman–Crippen MR) is 80.3 cm³/mol. The molecule has 0 radical (unpaired) electrons. The first-order valence-electron chi connectivity index (χ1n) is 5.80. The first-order chi connectivity index (χ1) is 8.95. The molecule has 0 aromatic heterocycles. The third-order valence-electron chi connectivity index (χ3n) is 2.75. The van der Waals surface area contributed by atoms with Crippen molar-refractivity contribution in [3.05, 3.63) is 63.1 Å². The molecule has 2 rings (SSSR count). The fourth-order valence-corrected chi connectivity index (χ4v) is 2.42. The van der Waals surface area contributed by atoms with Gasteiger partial charge < -0.3 is 5.32 Å². The summed E-state index contributed by atoms with van der Waals surface area (Å²) in [5.41, 5.74) is 3.29. The molecule has 1 amide bonds. The van der Waals surface area contributed by atoms with Crippen LogP contribution in [0.2, 0.25) is 10.0 Å². The Morgan fingerprint density at radius 3 is 2.21 bits per heavy atom. The number of amides is 1. The van der Waals surface area contributed by atoms with Gasteiger partial charge in [-0.1, -0.05) is 40.9 Å². The molecule has 0 aliphatic carbocycles. The summed E-state index contributed by atoms with van der Waals surface area (Å²) in [6.07, 6.45) is 0. The van der Waals surface area contributed by atoms with Crippen molar-refractivity contribution in [1.82, 2.24) is 0 Å². The molecule has 19 heavy (non-hydrogen) atoms. The first kappa shape index (κ1) is 13.9. The van der Waals surface area contributed by atoms with Crippen molar-refractivity contribution in [2.45, 2.75) is 13.8 Å². The van der Waals surface area contributed by atoms with Crippen LogP contribution >= 0.6 is 23.2 Å². The smallest absolute Gasteiger partial charge is 0.255 e. The maximum Gasteiger partial charge on any atom is 0.255 e. The summed E-state index contributed by atoms with van der Waals surface area (Å²) < 4.78 is 0. The summed E-state index contributed by atoms with van der Waals surface area (Å²) in [5.74, 6) is -0.171. The van der Waals surface area contributed by atoms with Gasteiger partial charge in [-0.3, -0.25) is 4.79 Å². The SMILES string of the molecule is Cc1ccc(C(=O)Nc2cc(Cl)cc(Cl)c2)c(C)c1. The summed E-state index contributed by atoms with van der Waals surface area (Å²) >= 11 is 11.8. The van der Waals surface area contributed by atoms with E-state index in [2.05, 4.69) is 5.32 Å². The Morgan fingerprint density at radius 2 is 1.63 bits per heavy atom. The lowest BCUT2D eigenvalue weighted by Gasteiger charge is -2.09. The molecular formula is C15H13Cl2NO. The molecule has 0 spiro atoms. The second-order valence-electron chi connectivity index (χ2n) is 4.43. The number of benzene rings is 2. The number of aryl methyl sites for hydroxylation is 2. The van der Waals surface area contributed by atoms with Crippen LogP contribution in [-0.4, -0.2) is 5.91 Å². The molecule has 0 saturated carbocycles. The molecule has 2 aromatic carbocycles. The van der Waals surface area contributed by atoms with E-state index in [0.717, 1.165) is 11.1 Å². The summed E-state index contributed by atoms with van der Waals surface area (Å²) in [6.45, 7) is 3.90. The third-order valence-corrected chi connectivity index (χ3v) is 3.18. The number of nitrogens with one attached hydrogen (secondary N) is 1. The van der Waals surface area contributed by atoms with Crippen molar-refractivity contribution >= 4 is 34.8 Å². The highest BCUT2D eigenvalue weighted by atomic mass is 35.5. The highest BCUT2D eigenvalue weighted by Crippen LogP contribution is 2.23. The van der Waals surface area contributed by atoms with E-state index in [1.807, 2.05) is 32.0 Å². The van der Waals surface area contributed by atoms with Gasteiger partial charge in [-0.25, -0.2) is 0 Å². The predicted octanol–water partition coefficient (Wildman–Crippen LogP) is 4.86. The van der Waals surface area contributed by atoms with Crippen LogP contribution in [0, 0.1) is 13.8 Å². The van der Waals surface area contributed by atoms with Crippen LogP contribution in [0.3, 0.4) is 0 Å². The molecule has 0 heterocycles. The Labute approximate surface area is 122 Å². The van der Waals surface area contributed by atoms with E-state index in [1.165, 1.54) is 0 Å².